The number of primary amides is 1. The van der Waals surface area contributed by atoms with Gasteiger partial charge in [-0.05, 0) is 44.9 Å². The highest BCUT2D eigenvalue weighted by Crippen LogP contribution is 2.45. The molecule has 0 bridgehead atoms. The number of alkyl halides is 3. The van der Waals surface area contributed by atoms with E-state index in [1.54, 1.807) is 19.9 Å². The zero-order valence-electron chi connectivity index (χ0n) is 22.0. The molecule has 0 radical (unpaired) electrons. The van der Waals surface area contributed by atoms with Crippen LogP contribution < -0.4 is 20.5 Å². The molecule has 3 heterocycles. The number of aromatic nitrogens is 3. The Labute approximate surface area is 223 Å². The fourth-order valence-electron chi connectivity index (χ4n) is 4.18. The van der Waals surface area contributed by atoms with Crippen molar-refractivity contribution in [3.8, 4) is 17.0 Å². The van der Waals surface area contributed by atoms with Crippen LogP contribution in [0.5, 0.6) is 5.75 Å². The van der Waals surface area contributed by atoms with Gasteiger partial charge in [0.05, 0.1) is 23.6 Å². The molecule has 4 rings (SSSR count). The third kappa shape index (κ3) is 5.37. The van der Waals surface area contributed by atoms with Gasteiger partial charge in [-0.15, -0.1) is 0 Å². The summed E-state index contributed by atoms with van der Waals surface area (Å²) in [7, 11) is -3.62. The van der Waals surface area contributed by atoms with Crippen LogP contribution in [0.4, 0.5) is 30.5 Å². The molecule has 3 aromatic rings. The van der Waals surface area contributed by atoms with Crippen molar-refractivity contribution in [2.24, 2.45) is 11.7 Å². The van der Waals surface area contributed by atoms with E-state index in [9.17, 15) is 26.4 Å². The molecule has 1 aliphatic heterocycles. The summed E-state index contributed by atoms with van der Waals surface area (Å²) in [6, 6.07) is 6.79. The second kappa shape index (κ2) is 9.74. The predicted octanol–water partition coefficient (Wildman–Crippen LogP) is 4.70. The van der Waals surface area contributed by atoms with E-state index in [2.05, 4.69) is 20.1 Å². The monoisotopic (exact) mass is 566 g/mol. The van der Waals surface area contributed by atoms with Crippen molar-refractivity contribution in [2.75, 3.05) is 22.4 Å². The molecule has 0 saturated heterocycles. The lowest BCUT2D eigenvalue weighted by Crippen LogP contribution is -2.35. The Morgan fingerprint density at radius 1 is 1.23 bits per heavy atom. The fraction of sp³-hybridized carbons (Fsp3) is 0.400. The minimum Gasteiger partial charge on any atom is -0.491 e. The van der Waals surface area contributed by atoms with Gasteiger partial charge in [0, 0.05) is 11.1 Å². The Kier molecular flexibility index (Phi) is 7.04. The maximum atomic E-state index is 13.4. The smallest absolute Gasteiger partial charge is 0.433 e. The highest BCUT2D eigenvalue weighted by atomic mass is 32.2. The minimum absolute atomic E-state index is 0.0652. The van der Waals surface area contributed by atoms with E-state index < -0.39 is 33.3 Å². The van der Waals surface area contributed by atoms with Crippen LogP contribution in [0.15, 0.2) is 30.3 Å². The van der Waals surface area contributed by atoms with Gasteiger partial charge in [-0.2, -0.15) is 18.3 Å². The van der Waals surface area contributed by atoms with E-state index in [4.69, 9.17) is 10.5 Å². The SMILES string of the molecule is CCS(=O)(=O)Nc1ccc(-c2nn3c(c2C(N)=O)Nc2nc(C(F)(F)F)ccc2C3(C)C)cc1OCC(C)C. The molecule has 0 spiro atoms. The van der Waals surface area contributed by atoms with Gasteiger partial charge in [-0.1, -0.05) is 26.0 Å². The first-order valence-corrected chi connectivity index (χ1v) is 13.8. The molecule has 0 aliphatic carbocycles. The van der Waals surface area contributed by atoms with Crippen molar-refractivity contribution in [1.82, 2.24) is 14.8 Å². The summed E-state index contributed by atoms with van der Waals surface area (Å²) in [5, 5.41) is 7.45. The number of nitrogens with two attached hydrogens (primary N) is 1. The number of nitrogens with zero attached hydrogens (tertiary/aromatic N) is 3. The van der Waals surface area contributed by atoms with E-state index in [-0.39, 0.29) is 52.6 Å². The maximum absolute atomic E-state index is 13.4. The number of halogens is 3. The summed E-state index contributed by atoms with van der Waals surface area (Å²) in [4.78, 5) is 16.4. The number of amides is 1. The Morgan fingerprint density at radius 2 is 1.92 bits per heavy atom. The number of nitrogens with one attached hydrogen (secondary N) is 2. The number of benzene rings is 1. The largest absolute Gasteiger partial charge is 0.491 e. The lowest BCUT2D eigenvalue weighted by molar-refractivity contribution is -0.141. The van der Waals surface area contributed by atoms with Crippen LogP contribution in [-0.2, 0) is 21.7 Å². The Morgan fingerprint density at radius 3 is 2.51 bits per heavy atom. The topological polar surface area (TPSA) is 141 Å². The van der Waals surface area contributed by atoms with Crippen LogP contribution in [0.3, 0.4) is 0 Å². The quantitative estimate of drug-likeness (QED) is 0.359. The number of hydrogen-bond donors (Lipinski definition) is 3. The number of pyridine rings is 1. The zero-order chi connectivity index (χ0) is 28.9. The second-order valence-corrected chi connectivity index (χ2v) is 12.1. The second-order valence-electron chi connectivity index (χ2n) is 10.0. The Balaban J connectivity index is 1.88. The third-order valence-corrected chi connectivity index (χ3v) is 7.51. The molecule has 4 N–H and O–H groups in total. The molecule has 0 saturated carbocycles. The van der Waals surface area contributed by atoms with E-state index in [1.807, 2.05) is 13.8 Å². The molecule has 1 amide bonds. The number of anilines is 3. The van der Waals surface area contributed by atoms with E-state index in [1.165, 1.54) is 29.8 Å². The van der Waals surface area contributed by atoms with Crippen molar-refractivity contribution in [3.63, 3.8) is 0 Å². The van der Waals surface area contributed by atoms with Crippen LogP contribution in [0.2, 0.25) is 0 Å². The molecule has 2 aromatic heterocycles. The van der Waals surface area contributed by atoms with Crippen LogP contribution in [0.1, 0.15) is 56.2 Å². The lowest BCUT2D eigenvalue weighted by atomic mass is 9.92. The minimum atomic E-state index is -4.66. The zero-order valence-corrected chi connectivity index (χ0v) is 22.8. The summed E-state index contributed by atoms with van der Waals surface area (Å²) in [5.74, 6) is -0.660. The molecule has 1 aliphatic rings. The van der Waals surface area contributed by atoms with Crippen molar-refractivity contribution in [2.45, 2.75) is 46.3 Å². The number of carbonyl (C=O) groups is 1. The summed E-state index contributed by atoms with van der Waals surface area (Å²) in [5.41, 5.74) is 4.74. The van der Waals surface area contributed by atoms with Gasteiger partial charge in [0.2, 0.25) is 10.0 Å². The number of rotatable bonds is 8. The standard InChI is InChI=1S/C25H29F3N6O4S/c1-6-39(36,37)33-16-9-7-14(11-17(16)38-12-13(2)3)20-19(21(29)35)23-31-22-15(24(4,5)34(23)32-20)8-10-18(30-22)25(26,27)28/h7-11,13,33H,6,12H2,1-5H3,(H2,29,35)(H,30,31). The predicted molar refractivity (Wildman–Crippen MR) is 141 cm³/mol. The first-order valence-electron chi connectivity index (χ1n) is 12.1. The van der Waals surface area contributed by atoms with Gasteiger partial charge in [-0.25, -0.2) is 18.1 Å². The first kappa shape index (κ1) is 28.2. The molecule has 0 unspecified atom stereocenters. The van der Waals surface area contributed by atoms with Crippen LogP contribution in [0, 0.1) is 5.92 Å². The van der Waals surface area contributed by atoms with Crippen molar-refractivity contribution in [1.29, 1.82) is 0 Å². The van der Waals surface area contributed by atoms with Gasteiger partial charge in [0.25, 0.3) is 5.91 Å². The number of ether oxygens (including phenoxy) is 1. The summed E-state index contributed by atoms with van der Waals surface area (Å²) in [6.07, 6.45) is -4.66. The summed E-state index contributed by atoms with van der Waals surface area (Å²) >= 11 is 0. The highest BCUT2D eigenvalue weighted by Gasteiger charge is 2.41. The van der Waals surface area contributed by atoms with E-state index >= 15 is 0 Å². The van der Waals surface area contributed by atoms with Gasteiger partial charge in [0.1, 0.15) is 34.3 Å². The molecule has 39 heavy (non-hydrogen) atoms. The molecule has 0 atom stereocenters. The van der Waals surface area contributed by atoms with Gasteiger partial charge in [0.15, 0.2) is 0 Å². The van der Waals surface area contributed by atoms with Crippen molar-refractivity contribution < 1.29 is 31.1 Å². The number of hydrogen-bond acceptors (Lipinski definition) is 7. The maximum Gasteiger partial charge on any atom is 0.433 e. The molecule has 1 aromatic carbocycles. The number of carbonyl (C=O) groups excluding carboxylic acids is 1. The Bertz CT molecular complexity index is 1550. The van der Waals surface area contributed by atoms with Crippen LogP contribution in [0.25, 0.3) is 11.3 Å². The molecular formula is C25H29F3N6O4S. The van der Waals surface area contributed by atoms with Crippen LogP contribution >= 0.6 is 0 Å². The van der Waals surface area contributed by atoms with Gasteiger partial charge < -0.3 is 15.8 Å². The van der Waals surface area contributed by atoms with E-state index in [0.29, 0.717) is 11.1 Å². The van der Waals surface area contributed by atoms with E-state index in [0.717, 1.165) is 6.07 Å². The normalized spacial score (nSPS) is 14.4. The summed E-state index contributed by atoms with van der Waals surface area (Å²) in [6.45, 7) is 9.10. The average Bonchev–Trinajstić information content (AvgIpc) is 3.23. The first-order chi connectivity index (χ1) is 18.0. The molecular weight excluding hydrogens is 537 g/mol. The highest BCUT2D eigenvalue weighted by molar-refractivity contribution is 7.92. The number of fused-ring (bicyclic) bond motifs is 2. The third-order valence-electron chi connectivity index (χ3n) is 6.22. The van der Waals surface area contributed by atoms with Crippen LogP contribution in [-0.4, -0.2) is 41.4 Å². The Hall–Kier alpha value is -3.81. The van der Waals surface area contributed by atoms with Gasteiger partial charge in [-0.3, -0.25) is 9.52 Å². The van der Waals surface area contributed by atoms with Gasteiger partial charge >= 0.3 is 6.18 Å². The molecule has 0 fully saturated rings. The molecule has 14 heteroatoms. The molecule has 10 nitrogen and oxygen atoms in total. The number of sulfonamides is 1. The molecule has 210 valence electrons. The van der Waals surface area contributed by atoms with Crippen molar-refractivity contribution >= 4 is 33.3 Å². The summed E-state index contributed by atoms with van der Waals surface area (Å²) < 4.78 is 74.3. The lowest BCUT2D eigenvalue weighted by Gasteiger charge is -2.34. The van der Waals surface area contributed by atoms with Crippen molar-refractivity contribution in [3.05, 3.63) is 47.2 Å². The fourth-order valence-corrected chi connectivity index (χ4v) is 4.82. The average molecular weight is 567 g/mol.